The fourth-order valence-electron chi connectivity index (χ4n) is 1.20. The zero-order chi connectivity index (χ0) is 10.8. The summed E-state index contributed by atoms with van der Waals surface area (Å²) < 4.78 is 25.8. The van der Waals surface area contributed by atoms with Gasteiger partial charge >= 0.3 is 0 Å². The minimum absolute atomic E-state index is 0.128. The van der Waals surface area contributed by atoms with Gasteiger partial charge in [0, 0.05) is 0 Å². The molecule has 2 aromatic heterocycles. The molecule has 0 spiro atoms. The summed E-state index contributed by atoms with van der Waals surface area (Å²) >= 11 is 0. The van der Waals surface area contributed by atoms with E-state index in [1.54, 1.807) is 18.2 Å². The molecule has 5 heteroatoms. The number of nitrogens with two attached hydrogens (primary N) is 1. The molecule has 0 saturated carbocycles. The summed E-state index contributed by atoms with van der Waals surface area (Å²) in [7, 11) is 0. The number of nitrogen functional groups attached to an aromatic ring is 1. The number of aromatic nitrogens is 2. The Morgan fingerprint density at radius 3 is 2.47 bits per heavy atom. The van der Waals surface area contributed by atoms with Crippen LogP contribution in [-0.2, 0) is 0 Å². The second-order valence-corrected chi connectivity index (χ2v) is 2.92. The van der Waals surface area contributed by atoms with Crippen LogP contribution in [-0.4, -0.2) is 9.97 Å². The Kier molecular flexibility index (Phi) is 2.29. The normalized spacial score (nSPS) is 10.3. The minimum atomic E-state index is -0.895. The molecule has 0 unspecified atom stereocenters. The average Bonchev–Trinajstić information content (AvgIpc) is 2.17. The van der Waals surface area contributed by atoms with Crippen molar-refractivity contribution < 1.29 is 8.78 Å². The first kappa shape index (κ1) is 9.51. The Hall–Kier alpha value is -2.04. The predicted molar refractivity (Wildman–Crippen MR) is 51.8 cm³/mol. The van der Waals surface area contributed by atoms with E-state index in [0.717, 1.165) is 6.07 Å². The van der Waals surface area contributed by atoms with E-state index < -0.39 is 11.9 Å². The molecule has 0 fully saturated rings. The lowest BCUT2D eigenvalue weighted by Gasteiger charge is -2.02. The SMILES string of the molecule is Nc1cccc(-c2ccc(F)nc2F)n1. The molecule has 0 atom stereocenters. The van der Waals surface area contributed by atoms with Crippen molar-refractivity contribution in [2.45, 2.75) is 0 Å². The highest BCUT2D eigenvalue weighted by Crippen LogP contribution is 2.20. The fraction of sp³-hybridized carbons (Fsp3) is 0. The minimum Gasteiger partial charge on any atom is -0.384 e. The summed E-state index contributed by atoms with van der Waals surface area (Å²) in [5.74, 6) is -1.48. The molecular weight excluding hydrogens is 200 g/mol. The highest BCUT2D eigenvalue weighted by molar-refractivity contribution is 5.60. The second-order valence-electron chi connectivity index (χ2n) is 2.92. The van der Waals surface area contributed by atoms with Crippen LogP contribution in [0.5, 0.6) is 0 Å². The Balaban J connectivity index is 2.54. The number of nitrogens with zero attached hydrogens (tertiary/aromatic N) is 2. The quantitative estimate of drug-likeness (QED) is 0.727. The van der Waals surface area contributed by atoms with E-state index in [0.29, 0.717) is 5.69 Å². The molecule has 0 saturated heterocycles. The average molecular weight is 207 g/mol. The van der Waals surface area contributed by atoms with Crippen molar-refractivity contribution in [2.24, 2.45) is 0 Å². The van der Waals surface area contributed by atoms with Crippen molar-refractivity contribution in [3.05, 3.63) is 42.2 Å². The molecule has 2 aromatic rings. The van der Waals surface area contributed by atoms with E-state index in [1.807, 2.05) is 0 Å². The van der Waals surface area contributed by atoms with Gasteiger partial charge in [0.2, 0.25) is 11.9 Å². The van der Waals surface area contributed by atoms with Gasteiger partial charge in [-0.15, -0.1) is 0 Å². The maximum Gasteiger partial charge on any atom is 0.224 e. The van der Waals surface area contributed by atoms with Crippen LogP contribution in [0.3, 0.4) is 0 Å². The standard InChI is InChI=1S/C10H7F2N3/c11-8-5-4-6(10(12)15-8)7-2-1-3-9(13)14-7/h1-5H,(H2,13,14). The van der Waals surface area contributed by atoms with Crippen molar-refractivity contribution in [2.75, 3.05) is 5.73 Å². The number of halogens is 2. The van der Waals surface area contributed by atoms with Gasteiger partial charge in [0.25, 0.3) is 0 Å². The van der Waals surface area contributed by atoms with Gasteiger partial charge < -0.3 is 5.73 Å². The summed E-state index contributed by atoms with van der Waals surface area (Å²) in [6, 6.07) is 7.15. The molecule has 0 radical (unpaired) electrons. The van der Waals surface area contributed by atoms with Crippen LogP contribution in [0.2, 0.25) is 0 Å². The molecule has 15 heavy (non-hydrogen) atoms. The molecule has 0 aliphatic heterocycles. The Morgan fingerprint density at radius 1 is 1.00 bits per heavy atom. The van der Waals surface area contributed by atoms with Gasteiger partial charge in [-0.3, -0.25) is 0 Å². The summed E-state index contributed by atoms with van der Waals surface area (Å²) in [5, 5.41) is 0. The molecule has 0 aliphatic rings. The third-order valence-electron chi connectivity index (χ3n) is 1.86. The van der Waals surface area contributed by atoms with Crippen molar-refractivity contribution >= 4 is 5.82 Å². The van der Waals surface area contributed by atoms with E-state index >= 15 is 0 Å². The van der Waals surface area contributed by atoms with Gasteiger partial charge in [-0.05, 0) is 24.3 Å². The highest BCUT2D eigenvalue weighted by Gasteiger charge is 2.08. The monoisotopic (exact) mass is 207 g/mol. The Morgan fingerprint density at radius 2 is 1.80 bits per heavy atom. The van der Waals surface area contributed by atoms with Crippen LogP contribution in [0, 0.1) is 11.9 Å². The number of anilines is 1. The zero-order valence-electron chi connectivity index (χ0n) is 7.61. The van der Waals surface area contributed by atoms with E-state index in [9.17, 15) is 8.78 Å². The lowest BCUT2D eigenvalue weighted by molar-refractivity contribution is 0.515. The molecule has 0 aromatic carbocycles. The van der Waals surface area contributed by atoms with Crippen LogP contribution >= 0.6 is 0 Å². The van der Waals surface area contributed by atoms with Crippen molar-refractivity contribution in [3.63, 3.8) is 0 Å². The maximum atomic E-state index is 13.2. The van der Waals surface area contributed by atoms with E-state index in [-0.39, 0.29) is 11.4 Å². The maximum absolute atomic E-state index is 13.2. The van der Waals surface area contributed by atoms with Crippen molar-refractivity contribution in [3.8, 4) is 11.3 Å². The summed E-state index contributed by atoms with van der Waals surface area (Å²) in [6.07, 6.45) is 0. The molecular formula is C10H7F2N3. The predicted octanol–water partition coefficient (Wildman–Crippen LogP) is 2.00. The van der Waals surface area contributed by atoms with Gasteiger partial charge in [0.15, 0.2) is 0 Å². The number of hydrogen-bond acceptors (Lipinski definition) is 3. The Labute approximate surface area is 84.6 Å². The molecule has 2 rings (SSSR count). The summed E-state index contributed by atoms with van der Waals surface area (Å²) in [4.78, 5) is 6.97. The van der Waals surface area contributed by atoms with Gasteiger partial charge in [0.1, 0.15) is 5.82 Å². The zero-order valence-corrected chi connectivity index (χ0v) is 7.61. The van der Waals surface area contributed by atoms with E-state index in [1.165, 1.54) is 6.07 Å². The van der Waals surface area contributed by atoms with Crippen molar-refractivity contribution in [1.82, 2.24) is 9.97 Å². The first-order chi connectivity index (χ1) is 7.16. The van der Waals surface area contributed by atoms with Crippen LogP contribution in [0.25, 0.3) is 11.3 Å². The van der Waals surface area contributed by atoms with Gasteiger partial charge in [0.05, 0.1) is 11.3 Å². The van der Waals surface area contributed by atoms with Gasteiger partial charge in [-0.1, -0.05) is 6.07 Å². The van der Waals surface area contributed by atoms with Crippen LogP contribution in [0.4, 0.5) is 14.6 Å². The first-order valence-corrected chi connectivity index (χ1v) is 4.22. The second kappa shape index (κ2) is 3.61. The van der Waals surface area contributed by atoms with Crippen molar-refractivity contribution in [1.29, 1.82) is 0 Å². The molecule has 0 bridgehead atoms. The number of hydrogen-bond donors (Lipinski definition) is 1. The number of rotatable bonds is 1. The molecule has 0 aliphatic carbocycles. The molecule has 2 N–H and O–H groups in total. The first-order valence-electron chi connectivity index (χ1n) is 4.22. The van der Waals surface area contributed by atoms with E-state index in [4.69, 9.17) is 5.73 Å². The molecule has 3 nitrogen and oxygen atoms in total. The lowest BCUT2D eigenvalue weighted by atomic mass is 10.2. The summed E-state index contributed by atoms with van der Waals surface area (Å²) in [5.41, 5.74) is 5.91. The summed E-state index contributed by atoms with van der Waals surface area (Å²) in [6.45, 7) is 0. The highest BCUT2D eigenvalue weighted by atomic mass is 19.1. The largest absolute Gasteiger partial charge is 0.384 e. The third-order valence-corrected chi connectivity index (χ3v) is 1.86. The van der Waals surface area contributed by atoms with Crippen LogP contribution in [0.15, 0.2) is 30.3 Å². The number of pyridine rings is 2. The molecule has 76 valence electrons. The third kappa shape index (κ3) is 1.90. The fourth-order valence-corrected chi connectivity index (χ4v) is 1.20. The smallest absolute Gasteiger partial charge is 0.224 e. The lowest BCUT2D eigenvalue weighted by Crippen LogP contribution is -1.96. The Bertz CT molecular complexity index is 500. The van der Waals surface area contributed by atoms with E-state index in [2.05, 4.69) is 9.97 Å². The molecule has 2 heterocycles. The molecule has 0 amide bonds. The van der Waals surface area contributed by atoms with Gasteiger partial charge in [-0.25, -0.2) is 4.98 Å². The van der Waals surface area contributed by atoms with Crippen LogP contribution < -0.4 is 5.73 Å². The van der Waals surface area contributed by atoms with Crippen LogP contribution in [0.1, 0.15) is 0 Å². The van der Waals surface area contributed by atoms with Gasteiger partial charge in [-0.2, -0.15) is 13.8 Å². The topological polar surface area (TPSA) is 51.8 Å².